The van der Waals surface area contributed by atoms with Gasteiger partial charge < -0.3 is 23.7 Å². The highest BCUT2D eigenvalue weighted by Gasteiger charge is 2.20. The minimum Gasteiger partial charge on any atom is -0.494 e. The third kappa shape index (κ3) is 15.7. The van der Waals surface area contributed by atoms with Gasteiger partial charge in [-0.2, -0.15) is 0 Å². The minimum atomic E-state index is -0.542. The predicted molar refractivity (Wildman–Crippen MR) is 209 cm³/mol. The average molecular weight is 737 g/mol. The number of hydrogen-bond acceptors (Lipinski definition) is 9. The third-order valence-corrected chi connectivity index (χ3v) is 8.90. The molecular formula is C45H52O9. The number of carbonyl (C=O) groups excluding carboxylic acids is 4. The fraction of sp³-hybridized carbons (Fsp3) is 0.378. The van der Waals surface area contributed by atoms with E-state index in [-0.39, 0.29) is 30.5 Å². The molecule has 0 unspecified atom stereocenters. The Morgan fingerprint density at radius 2 is 1.22 bits per heavy atom. The van der Waals surface area contributed by atoms with Crippen molar-refractivity contribution < 1.29 is 42.9 Å². The summed E-state index contributed by atoms with van der Waals surface area (Å²) in [6.07, 6.45) is 14.8. The summed E-state index contributed by atoms with van der Waals surface area (Å²) in [5.74, 6) is 0.566. The van der Waals surface area contributed by atoms with Crippen LogP contribution in [-0.2, 0) is 28.7 Å². The Morgan fingerprint density at radius 1 is 0.667 bits per heavy atom. The van der Waals surface area contributed by atoms with Crippen molar-refractivity contribution in [1.82, 2.24) is 0 Å². The van der Waals surface area contributed by atoms with Crippen molar-refractivity contribution in [2.75, 3.05) is 19.8 Å². The number of benzene rings is 3. The molecule has 1 aliphatic carbocycles. The van der Waals surface area contributed by atoms with Crippen LogP contribution in [0.15, 0.2) is 104 Å². The van der Waals surface area contributed by atoms with Gasteiger partial charge in [0.25, 0.3) is 0 Å². The summed E-state index contributed by atoms with van der Waals surface area (Å²) < 4.78 is 27.8. The van der Waals surface area contributed by atoms with Crippen molar-refractivity contribution in [2.45, 2.75) is 89.6 Å². The van der Waals surface area contributed by atoms with E-state index < -0.39 is 17.9 Å². The first-order valence-electron chi connectivity index (χ1n) is 18.9. The summed E-state index contributed by atoms with van der Waals surface area (Å²) in [5.41, 5.74) is 2.96. The molecule has 0 saturated heterocycles. The maximum absolute atomic E-state index is 12.4. The van der Waals surface area contributed by atoms with E-state index in [0.29, 0.717) is 25.4 Å². The first kappa shape index (κ1) is 41.3. The van der Waals surface area contributed by atoms with E-state index >= 15 is 0 Å². The van der Waals surface area contributed by atoms with Crippen molar-refractivity contribution in [1.29, 1.82) is 0 Å². The zero-order valence-electron chi connectivity index (χ0n) is 31.1. The molecule has 9 nitrogen and oxygen atoms in total. The number of hydrogen-bond donors (Lipinski definition) is 0. The summed E-state index contributed by atoms with van der Waals surface area (Å²) in [5, 5.41) is 0. The molecule has 0 radical (unpaired) electrons. The standard InChI is InChI=1S/C45H52O9/c1-3-38(46)13-9-12-31-51-39-23-16-35(17-24-39)18-29-43(47)53-42-27-21-37(22-28-42)36-19-25-40(26-20-36)50-30-10-4-5-11-32-52-45(49)34(2)33-44(48)54-41-14-7-6-8-15-41/h3,16-29,41H,1-2,4-15,30-33H2/b29-18+. The van der Waals surface area contributed by atoms with Crippen LogP contribution in [0.1, 0.15) is 89.0 Å². The van der Waals surface area contributed by atoms with Crippen molar-refractivity contribution in [3.8, 4) is 28.4 Å². The predicted octanol–water partition coefficient (Wildman–Crippen LogP) is 9.58. The molecular weight excluding hydrogens is 684 g/mol. The van der Waals surface area contributed by atoms with Crippen LogP contribution in [-0.4, -0.2) is 49.6 Å². The van der Waals surface area contributed by atoms with Crippen LogP contribution >= 0.6 is 0 Å². The van der Waals surface area contributed by atoms with Gasteiger partial charge in [0.2, 0.25) is 0 Å². The lowest BCUT2D eigenvalue weighted by Crippen LogP contribution is -2.22. The molecule has 286 valence electrons. The van der Waals surface area contributed by atoms with Gasteiger partial charge in [0.1, 0.15) is 23.4 Å². The highest BCUT2D eigenvalue weighted by molar-refractivity contribution is 5.93. The van der Waals surface area contributed by atoms with Gasteiger partial charge in [-0.05, 0) is 129 Å². The summed E-state index contributed by atoms with van der Waals surface area (Å²) in [6, 6.07) is 22.5. The van der Waals surface area contributed by atoms with E-state index in [9.17, 15) is 19.2 Å². The van der Waals surface area contributed by atoms with Crippen molar-refractivity contribution in [2.24, 2.45) is 0 Å². The monoisotopic (exact) mass is 736 g/mol. The normalized spacial score (nSPS) is 12.8. The van der Waals surface area contributed by atoms with Crippen LogP contribution in [0.25, 0.3) is 17.2 Å². The summed E-state index contributed by atoms with van der Waals surface area (Å²) in [4.78, 5) is 47.9. The lowest BCUT2D eigenvalue weighted by Gasteiger charge is -2.21. The van der Waals surface area contributed by atoms with E-state index in [0.717, 1.165) is 92.4 Å². The van der Waals surface area contributed by atoms with Gasteiger partial charge in [0.15, 0.2) is 5.78 Å². The summed E-state index contributed by atoms with van der Waals surface area (Å²) in [7, 11) is 0. The molecule has 0 aliphatic heterocycles. The van der Waals surface area contributed by atoms with Crippen molar-refractivity contribution >= 4 is 29.8 Å². The fourth-order valence-electron chi connectivity index (χ4n) is 5.81. The van der Waals surface area contributed by atoms with Gasteiger partial charge >= 0.3 is 17.9 Å². The lowest BCUT2D eigenvalue weighted by atomic mass is 9.98. The van der Waals surface area contributed by atoms with Crippen LogP contribution in [0.3, 0.4) is 0 Å². The molecule has 3 aromatic rings. The topological polar surface area (TPSA) is 114 Å². The van der Waals surface area contributed by atoms with Crippen LogP contribution < -0.4 is 14.2 Å². The Bertz CT molecular complexity index is 1680. The molecule has 4 rings (SSSR count). The highest BCUT2D eigenvalue weighted by Crippen LogP contribution is 2.25. The molecule has 0 bridgehead atoms. The summed E-state index contributed by atoms with van der Waals surface area (Å²) >= 11 is 0. The number of allylic oxidation sites excluding steroid dienone is 1. The van der Waals surface area contributed by atoms with Gasteiger partial charge in [-0.1, -0.05) is 56.0 Å². The zero-order valence-corrected chi connectivity index (χ0v) is 31.1. The molecule has 1 fully saturated rings. The molecule has 0 aromatic heterocycles. The maximum atomic E-state index is 12.4. The molecule has 9 heteroatoms. The molecule has 54 heavy (non-hydrogen) atoms. The Kier molecular flexibility index (Phi) is 17.8. The number of rotatable bonds is 23. The zero-order chi connectivity index (χ0) is 38.4. The average Bonchev–Trinajstić information content (AvgIpc) is 3.19. The van der Waals surface area contributed by atoms with Crippen LogP contribution in [0, 0.1) is 0 Å². The molecule has 0 atom stereocenters. The van der Waals surface area contributed by atoms with E-state index in [1.165, 1.54) is 18.6 Å². The minimum absolute atomic E-state index is 0.0395. The molecule has 0 amide bonds. The van der Waals surface area contributed by atoms with Gasteiger partial charge in [-0.3, -0.25) is 9.59 Å². The molecule has 3 aromatic carbocycles. The maximum Gasteiger partial charge on any atom is 0.336 e. The van der Waals surface area contributed by atoms with Crippen LogP contribution in [0.5, 0.6) is 17.2 Å². The van der Waals surface area contributed by atoms with Crippen LogP contribution in [0.4, 0.5) is 0 Å². The second-order valence-electron chi connectivity index (χ2n) is 13.3. The molecule has 1 aliphatic rings. The Hall–Kier alpha value is -5.44. The second kappa shape index (κ2) is 23.3. The number of esters is 3. The van der Waals surface area contributed by atoms with Gasteiger partial charge in [0.05, 0.1) is 26.2 Å². The third-order valence-electron chi connectivity index (χ3n) is 8.90. The van der Waals surface area contributed by atoms with E-state index in [1.807, 2.05) is 60.7 Å². The quantitative estimate of drug-likeness (QED) is 0.0406. The largest absolute Gasteiger partial charge is 0.494 e. The van der Waals surface area contributed by atoms with Gasteiger partial charge in [0, 0.05) is 18.1 Å². The van der Waals surface area contributed by atoms with E-state index in [4.69, 9.17) is 23.7 Å². The number of ether oxygens (including phenoxy) is 5. The molecule has 0 N–H and O–H groups in total. The first-order valence-corrected chi connectivity index (χ1v) is 18.9. The fourth-order valence-corrected chi connectivity index (χ4v) is 5.81. The van der Waals surface area contributed by atoms with Gasteiger partial charge in [-0.15, -0.1) is 0 Å². The Morgan fingerprint density at radius 3 is 1.83 bits per heavy atom. The molecule has 0 spiro atoms. The Labute approximate surface area is 319 Å². The molecule has 0 heterocycles. The number of carbonyl (C=O) groups is 4. The Balaban J connectivity index is 1.05. The van der Waals surface area contributed by atoms with Crippen molar-refractivity contribution in [3.05, 3.63) is 109 Å². The smallest absolute Gasteiger partial charge is 0.336 e. The SMILES string of the molecule is C=CC(=O)CCCCOc1ccc(/C=C/C(=O)Oc2ccc(-c3ccc(OCCCCCCOC(=O)C(=C)CC(=O)OC4CCCCC4)cc3)cc2)cc1. The van der Waals surface area contributed by atoms with E-state index in [2.05, 4.69) is 13.2 Å². The van der Waals surface area contributed by atoms with Crippen molar-refractivity contribution in [3.63, 3.8) is 0 Å². The van der Waals surface area contributed by atoms with E-state index in [1.54, 1.807) is 18.2 Å². The summed E-state index contributed by atoms with van der Waals surface area (Å²) in [6.45, 7) is 8.57. The first-order chi connectivity index (χ1) is 26.3. The highest BCUT2D eigenvalue weighted by atomic mass is 16.5. The van der Waals surface area contributed by atoms with Gasteiger partial charge in [-0.25, -0.2) is 9.59 Å². The number of ketones is 1. The second-order valence-corrected chi connectivity index (χ2v) is 13.3. The lowest BCUT2D eigenvalue weighted by molar-refractivity contribution is -0.151. The van der Waals surface area contributed by atoms with Crippen LogP contribution in [0.2, 0.25) is 0 Å². The molecule has 1 saturated carbocycles. The number of unbranched alkanes of at least 4 members (excludes halogenated alkanes) is 4.